The molecule has 0 bridgehead atoms. The maximum atomic E-state index is 12.3. The molecule has 0 aromatic carbocycles. The smallest absolute Gasteiger partial charge is 0.145 e. The first kappa shape index (κ1) is 16.1. The fraction of sp³-hybridized carbons (Fsp3) is 0.765. The molecule has 0 atom stereocenters. The van der Waals surface area contributed by atoms with Gasteiger partial charge in [0.25, 0.3) is 0 Å². The highest BCUT2D eigenvalue weighted by molar-refractivity contribution is 6.02. The number of rotatable bonds is 7. The maximum absolute atomic E-state index is 12.3. The van der Waals surface area contributed by atoms with Gasteiger partial charge in [0.1, 0.15) is 11.6 Å². The van der Waals surface area contributed by atoms with Gasteiger partial charge in [0.2, 0.25) is 0 Å². The van der Waals surface area contributed by atoms with Gasteiger partial charge in [-0.15, -0.1) is 0 Å². The summed E-state index contributed by atoms with van der Waals surface area (Å²) in [5.41, 5.74) is -0.371. The van der Waals surface area contributed by atoms with Gasteiger partial charge in [-0.05, 0) is 32.6 Å². The van der Waals surface area contributed by atoms with Crippen molar-refractivity contribution in [3.63, 3.8) is 0 Å². The Bertz CT molecular complexity index is 333. The molecule has 19 heavy (non-hydrogen) atoms. The van der Waals surface area contributed by atoms with Crippen molar-refractivity contribution in [2.45, 2.75) is 72.1 Å². The third-order valence-electron chi connectivity index (χ3n) is 4.32. The zero-order valence-corrected chi connectivity index (χ0v) is 12.7. The number of hydrogen-bond donors (Lipinski definition) is 0. The second-order valence-electron chi connectivity index (χ2n) is 6.39. The molecule has 0 saturated heterocycles. The second-order valence-corrected chi connectivity index (χ2v) is 6.39. The van der Waals surface area contributed by atoms with Gasteiger partial charge in [-0.3, -0.25) is 9.59 Å². The molecule has 0 aromatic rings. The highest BCUT2D eigenvalue weighted by Gasteiger charge is 2.30. The molecule has 1 aliphatic carbocycles. The van der Waals surface area contributed by atoms with Crippen molar-refractivity contribution in [3.8, 4) is 0 Å². The van der Waals surface area contributed by atoms with Gasteiger partial charge >= 0.3 is 0 Å². The number of carbonyl (C=O) groups is 2. The van der Waals surface area contributed by atoms with Gasteiger partial charge < -0.3 is 0 Å². The highest BCUT2D eigenvalue weighted by Crippen LogP contribution is 2.29. The molecule has 1 saturated carbocycles. The Hall–Kier alpha value is -0.920. The third-order valence-corrected chi connectivity index (χ3v) is 4.32. The average molecular weight is 264 g/mol. The molecular weight excluding hydrogens is 236 g/mol. The lowest BCUT2D eigenvalue weighted by Crippen LogP contribution is -2.29. The van der Waals surface area contributed by atoms with E-state index in [1.807, 2.05) is 26.8 Å². The van der Waals surface area contributed by atoms with Crippen LogP contribution in [0.25, 0.3) is 0 Å². The molecule has 2 heteroatoms. The lowest BCUT2D eigenvalue weighted by molar-refractivity contribution is -0.134. The van der Waals surface area contributed by atoms with Crippen LogP contribution < -0.4 is 0 Å². The van der Waals surface area contributed by atoms with Crippen molar-refractivity contribution in [2.75, 3.05) is 0 Å². The topological polar surface area (TPSA) is 34.1 Å². The van der Waals surface area contributed by atoms with Gasteiger partial charge in [0, 0.05) is 11.3 Å². The van der Waals surface area contributed by atoms with Crippen molar-refractivity contribution >= 4 is 11.6 Å². The lowest BCUT2D eigenvalue weighted by Gasteiger charge is -2.25. The summed E-state index contributed by atoms with van der Waals surface area (Å²) >= 11 is 0. The van der Waals surface area contributed by atoms with E-state index in [0.29, 0.717) is 0 Å². The Morgan fingerprint density at radius 1 is 1.16 bits per heavy atom. The number of ketones is 2. The minimum Gasteiger partial charge on any atom is -0.299 e. The molecule has 0 spiro atoms. The summed E-state index contributed by atoms with van der Waals surface area (Å²) in [5, 5.41) is 0. The van der Waals surface area contributed by atoms with Crippen LogP contribution in [0.4, 0.5) is 0 Å². The largest absolute Gasteiger partial charge is 0.299 e. The molecule has 0 radical (unpaired) electrons. The summed E-state index contributed by atoms with van der Waals surface area (Å²) in [6, 6.07) is 0. The minimum absolute atomic E-state index is 0.118. The van der Waals surface area contributed by atoms with Crippen LogP contribution in [-0.4, -0.2) is 11.6 Å². The van der Waals surface area contributed by atoms with Gasteiger partial charge in [-0.25, -0.2) is 0 Å². The lowest BCUT2D eigenvalue weighted by atomic mass is 9.78. The SMILES string of the molecule is C/C=C/CCC(C)(C)C(=O)CC(=O)C1CCCCC1. The van der Waals surface area contributed by atoms with Crippen molar-refractivity contribution < 1.29 is 9.59 Å². The molecule has 0 heterocycles. The first-order valence-electron chi connectivity index (χ1n) is 7.64. The van der Waals surface area contributed by atoms with Gasteiger partial charge in [0.05, 0.1) is 6.42 Å². The summed E-state index contributed by atoms with van der Waals surface area (Å²) in [6.45, 7) is 5.92. The minimum atomic E-state index is -0.371. The molecule has 0 aromatic heterocycles. The standard InChI is InChI=1S/C17H28O2/c1-4-5-9-12-17(2,3)16(19)13-15(18)14-10-7-6-8-11-14/h4-5,14H,6-13H2,1-3H3/b5-4+. The Balaban J connectivity index is 2.45. The predicted octanol–water partition coefficient (Wildman–Crippen LogP) is 4.48. The molecule has 0 unspecified atom stereocenters. The molecule has 1 fully saturated rings. The highest BCUT2D eigenvalue weighted by atomic mass is 16.1. The van der Waals surface area contributed by atoms with Crippen molar-refractivity contribution in [1.82, 2.24) is 0 Å². The van der Waals surface area contributed by atoms with Crippen LogP contribution in [0.3, 0.4) is 0 Å². The molecule has 0 N–H and O–H groups in total. The van der Waals surface area contributed by atoms with Crippen molar-refractivity contribution in [2.24, 2.45) is 11.3 Å². The fourth-order valence-corrected chi connectivity index (χ4v) is 2.72. The number of allylic oxidation sites excluding steroid dienone is 2. The van der Waals surface area contributed by atoms with E-state index in [2.05, 4.69) is 6.08 Å². The van der Waals surface area contributed by atoms with E-state index in [1.165, 1.54) is 6.42 Å². The van der Waals surface area contributed by atoms with Crippen LogP contribution >= 0.6 is 0 Å². The zero-order valence-electron chi connectivity index (χ0n) is 12.7. The summed E-state index contributed by atoms with van der Waals surface area (Å²) in [6.07, 6.45) is 11.5. The zero-order chi connectivity index (χ0) is 14.3. The van der Waals surface area contributed by atoms with Gasteiger partial charge in [-0.2, -0.15) is 0 Å². The van der Waals surface area contributed by atoms with Crippen LogP contribution in [0.15, 0.2) is 12.2 Å². The second kappa shape index (κ2) is 7.62. The van der Waals surface area contributed by atoms with Gasteiger partial charge in [-0.1, -0.05) is 45.3 Å². The molecule has 2 nitrogen and oxygen atoms in total. The van der Waals surface area contributed by atoms with Crippen LogP contribution in [0.1, 0.15) is 72.1 Å². The van der Waals surface area contributed by atoms with E-state index in [-0.39, 0.29) is 29.3 Å². The van der Waals surface area contributed by atoms with Crippen LogP contribution in [0.2, 0.25) is 0 Å². The van der Waals surface area contributed by atoms with Gasteiger partial charge in [0.15, 0.2) is 0 Å². The Kier molecular flexibility index (Phi) is 6.47. The third kappa shape index (κ3) is 5.30. The summed E-state index contributed by atoms with van der Waals surface area (Å²) in [4.78, 5) is 24.4. The fourth-order valence-electron chi connectivity index (χ4n) is 2.72. The summed E-state index contributed by atoms with van der Waals surface area (Å²) in [5.74, 6) is 0.459. The Morgan fingerprint density at radius 3 is 2.37 bits per heavy atom. The number of carbonyl (C=O) groups excluding carboxylic acids is 2. The van der Waals surface area contributed by atoms with E-state index in [1.54, 1.807) is 0 Å². The molecule has 1 rings (SSSR count). The molecule has 108 valence electrons. The van der Waals surface area contributed by atoms with Crippen molar-refractivity contribution in [3.05, 3.63) is 12.2 Å². The van der Waals surface area contributed by atoms with Crippen LogP contribution in [-0.2, 0) is 9.59 Å². The first-order chi connectivity index (χ1) is 8.97. The van der Waals surface area contributed by atoms with E-state index < -0.39 is 0 Å². The molecule has 0 aliphatic heterocycles. The van der Waals surface area contributed by atoms with Crippen LogP contribution in [0, 0.1) is 11.3 Å². The molecule has 1 aliphatic rings. The van der Waals surface area contributed by atoms with E-state index in [0.717, 1.165) is 38.5 Å². The predicted molar refractivity (Wildman–Crippen MR) is 79.0 cm³/mol. The first-order valence-corrected chi connectivity index (χ1v) is 7.64. The molecular formula is C17H28O2. The van der Waals surface area contributed by atoms with E-state index in [4.69, 9.17) is 0 Å². The Morgan fingerprint density at radius 2 is 1.79 bits per heavy atom. The average Bonchev–Trinajstić information content (AvgIpc) is 2.39. The quantitative estimate of drug-likeness (QED) is 0.502. The monoisotopic (exact) mass is 264 g/mol. The van der Waals surface area contributed by atoms with E-state index in [9.17, 15) is 9.59 Å². The van der Waals surface area contributed by atoms with Crippen LogP contribution in [0.5, 0.6) is 0 Å². The van der Waals surface area contributed by atoms with E-state index >= 15 is 0 Å². The van der Waals surface area contributed by atoms with Crippen molar-refractivity contribution in [1.29, 1.82) is 0 Å². The molecule has 0 amide bonds. The Labute approximate surface area is 117 Å². The maximum Gasteiger partial charge on any atom is 0.145 e. The summed E-state index contributed by atoms with van der Waals surface area (Å²) in [7, 11) is 0. The number of Topliss-reactive ketones (excluding diaryl/α,β-unsaturated/α-hetero) is 2. The normalized spacial score (nSPS) is 17.8. The summed E-state index contributed by atoms with van der Waals surface area (Å²) < 4.78 is 0. The number of hydrogen-bond acceptors (Lipinski definition) is 2.